The molecule has 1 amide bonds. The highest BCUT2D eigenvalue weighted by Gasteiger charge is 2.01. The molecule has 0 aliphatic carbocycles. The molecule has 0 saturated heterocycles. The van der Waals surface area contributed by atoms with Crippen molar-refractivity contribution in [2.24, 2.45) is 5.11 Å². The predicted molar refractivity (Wildman–Crippen MR) is 98.0 cm³/mol. The van der Waals surface area contributed by atoms with E-state index in [2.05, 4.69) is 15.3 Å². The highest BCUT2D eigenvalue weighted by Crippen LogP contribution is 1.87. The maximum atomic E-state index is 11.5. The van der Waals surface area contributed by atoms with Crippen LogP contribution in [0.25, 0.3) is 10.4 Å². The standard InChI is InChI=1S/C16H30N4O8/c17-20-19-4-8-27-12-14-28-13-11-26-7-3-18-15(21)1-5-24-9-10-25-6-2-16(22)23/h1-14H2,(H,18,21)(H,22,23). The third-order valence-corrected chi connectivity index (χ3v) is 3.02. The molecule has 0 rings (SSSR count). The lowest BCUT2D eigenvalue weighted by atomic mass is 10.4. The van der Waals surface area contributed by atoms with Crippen LogP contribution in [-0.4, -0.2) is 96.1 Å². The first-order chi connectivity index (χ1) is 13.7. The second-order valence-corrected chi connectivity index (χ2v) is 5.26. The molecule has 12 heteroatoms. The van der Waals surface area contributed by atoms with Crippen LogP contribution in [0.3, 0.4) is 0 Å². The Bertz CT molecular complexity index is 446. The van der Waals surface area contributed by atoms with Crippen LogP contribution in [0.15, 0.2) is 5.11 Å². The molecule has 0 heterocycles. The van der Waals surface area contributed by atoms with Crippen molar-refractivity contribution in [2.45, 2.75) is 12.8 Å². The lowest BCUT2D eigenvalue weighted by Gasteiger charge is -2.08. The van der Waals surface area contributed by atoms with Crippen molar-refractivity contribution in [1.29, 1.82) is 0 Å². The number of rotatable bonds is 21. The van der Waals surface area contributed by atoms with Gasteiger partial charge in [-0.2, -0.15) is 0 Å². The molecule has 0 aromatic carbocycles. The van der Waals surface area contributed by atoms with Gasteiger partial charge in [0.25, 0.3) is 0 Å². The Balaban J connectivity index is 3.18. The minimum absolute atomic E-state index is 0.0365. The second kappa shape index (κ2) is 21.4. The van der Waals surface area contributed by atoms with Gasteiger partial charge in [0, 0.05) is 24.4 Å². The van der Waals surface area contributed by atoms with Gasteiger partial charge in [0.05, 0.1) is 72.5 Å². The lowest BCUT2D eigenvalue weighted by molar-refractivity contribution is -0.138. The van der Waals surface area contributed by atoms with Gasteiger partial charge >= 0.3 is 5.97 Å². The third kappa shape index (κ3) is 22.1. The molecule has 0 aromatic heterocycles. The van der Waals surface area contributed by atoms with E-state index in [9.17, 15) is 9.59 Å². The van der Waals surface area contributed by atoms with Crippen LogP contribution in [0.2, 0.25) is 0 Å². The lowest BCUT2D eigenvalue weighted by Crippen LogP contribution is -2.28. The largest absolute Gasteiger partial charge is 0.481 e. The SMILES string of the molecule is [N-]=[N+]=NCCOCCOCCOCCNC(=O)CCOCCOCCC(=O)O. The van der Waals surface area contributed by atoms with Gasteiger partial charge < -0.3 is 34.1 Å². The fourth-order valence-corrected chi connectivity index (χ4v) is 1.69. The van der Waals surface area contributed by atoms with E-state index in [1.54, 1.807) is 0 Å². The summed E-state index contributed by atoms with van der Waals surface area (Å²) in [4.78, 5) is 24.4. The maximum Gasteiger partial charge on any atom is 0.305 e. The molecule has 0 spiro atoms. The number of nitrogens with zero attached hydrogens (tertiary/aromatic N) is 3. The molecule has 12 nitrogen and oxygen atoms in total. The number of nitrogens with one attached hydrogen (secondary N) is 1. The normalized spacial score (nSPS) is 10.4. The molecule has 0 unspecified atom stereocenters. The molecule has 0 saturated carbocycles. The topological polar surface area (TPSA) is 161 Å². The summed E-state index contributed by atoms with van der Waals surface area (Å²) in [6.45, 7) is 4.20. The van der Waals surface area contributed by atoms with Crippen molar-refractivity contribution in [1.82, 2.24) is 5.32 Å². The van der Waals surface area contributed by atoms with Gasteiger partial charge in [0.2, 0.25) is 5.91 Å². The van der Waals surface area contributed by atoms with Crippen molar-refractivity contribution in [3.05, 3.63) is 10.4 Å². The molecule has 0 aliphatic heterocycles. The number of carboxylic acid groups (broad SMARTS) is 1. The summed E-state index contributed by atoms with van der Waals surface area (Å²) in [6, 6.07) is 0. The van der Waals surface area contributed by atoms with Gasteiger partial charge in [-0.3, -0.25) is 9.59 Å². The Kier molecular flexibility index (Phi) is 19.9. The number of carboxylic acids is 1. The number of hydrogen-bond donors (Lipinski definition) is 2. The van der Waals surface area contributed by atoms with E-state index in [4.69, 9.17) is 34.3 Å². The fourth-order valence-electron chi connectivity index (χ4n) is 1.69. The van der Waals surface area contributed by atoms with E-state index in [0.29, 0.717) is 65.9 Å². The van der Waals surface area contributed by atoms with Crippen molar-refractivity contribution < 1.29 is 38.4 Å². The zero-order chi connectivity index (χ0) is 20.7. The van der Waals surface area contributed by atoms with E-state index in [-0.39, 0.29) is 32.0 Å². The van der Waals surface area contributed by atoms with Gasteiger partial charge in [-0.15, -0.1) is 0 Å². The van der Waals surface area contributed by atoms with Crippen molar-refractivity contribution in [3.8, 4) is 0 Å². The van der Waals surface area contributed by atoms with E-state index in [0.717, 1.165) is 0 Å². The number of amides is 1. The minimum Gasteiger partial charge on any atom is -0.481 e. The Hall–Kier alpha value is -1.95. The quantitative estimate of drug-likeness (QED) is 0.119. The summed E-state index contributed by atoms with van der Waals surface area (Å²) in [5, 5.41) is 14.5. The first-order valence-corrected chi connectivity index (χ1v) is 9.05. The molecule has 0 aliphatic rings. The first kappa shape index (κ1) is 26.1. The molecule has 0 bridgehead atoms. The van der Waals surface area contributed by atoms with E-state index >= 15 is 0 Å². The monoisotopic (exact) mass is 406 g/mol. The summed E-state index contributed by atoms with van der Waals surface area (Å²) < 4.78 is 26.0. The molecule has 28 heavy (non-hydrogen) atoms. The zero-order valence-electron chi connectivity index (χ0n) is 16.0. The maximum absolute atomic E-state index is 11.5. The van der Waals surface area contributed by atoms with Gasteiger partial charge in [-0.1, -0.05) is 5.11 Å². The number of carbonyl (C=O) groups excluding carboxylic acids is 1. The number of azide groups is 1. The number of hydrogen-bond acceptors (Lipinski definition) is 8. The van der Waals surface area contributed by atoms with Crippen LogP contribution in [0.4, 0.5) is 0 Å². The van der Waals surface area contributed by atoms with Crippen LogP contribution in [0, 0.1) is 0 Å². The van der Waals surface area contributed by atoms with Crippen molar-refractivity contribution >= 4 is 11.9 Å². The third-order valence-electron chi connectivity index (χ3n) is 3.02. The van der Waals surface area contributed by atoms with Crippen molar-refractivity contribution in [3.63, 3.8) is 0 Å². The van der Waals surface area contributed by atoms with Gasteiger partial charge in [-0.25, -0.2) is 0 Å². The molecular formula is C16H30N4O8. The number of aliphatic carboxylic acids is 1. The van der Waals surface area contributed by atoms with E-state index in [1.165, 1.54) is 0 Å². The Morgan fingerprint density at radius 1 is 0.786 bits per heavy atom. The van der Waals surface area contributed by atoms with Gasteiger partial charge in [0.15, 0.2) is 0 Å². The van der Waals surface area contributed by atoms with Crippen molar-refractivity contribution in [2.75, 3.05) is 79.2 Å². The van der Waals surface area contributed by atoms with Crippen LogP contribution in [-0.2, 0) is 33.3 Å². The molecule has 0 aromatic rings. The summed E-state index contributed by atoms with van der Waals surface area (Å²) in [5.74, 6) is -1.04. The summed E-state index contributed by atoms with van der Waals surface area (Å²) in [5.41, 5.74) is 8.07. The second-order valence-electron chi connectivity index (χ2n) is 5.26. The minimum atomic E-state index is -0.904. The Morgan fingerprint density at radius 2 is 1.29 bits per heavy atom. The summed E-state index contributed by atoms with van der Waals surface area (Å²) in [7, 11) is 0. The summed E-state index contributed by atoms with van der Waals surface area (Å²) >= 11 is 0. The van der Waals surface area contributed by atoms with Gasteiger partial charge in [0.1, 0.15) is 0 Å². The highest BCUT2D eigenvalue weighted by atomic mass is 16.5. The smallest absolute Gasteiger partial charge is 0.305 e. The average Bonchev–Trinajstić information content (AvgIpc) is 2.67. The van der Waals surface area contributed by atoms with Crippen LogP contribution >= 0.6 is 0 Å². The van der Waals surface area contributed by atoms with Crippen LogP contribution < -0.4 is 5.32 Å². The van der Waals surface area contributed by atoms with E-state index in [1.807, 2.05) is 0 Å². The zero-order valence-corrected chi connectivity index (χ0v) is 16.0. The molecule has 0 fully saturated rings. The summed E-state index contributed by atoms with van der Waals surface area (Å²) in [6.07, 6.45) is 0.197. The molecule has 162 valence electrons. The molecule has 0 atom stereocenters. The predicted octanol–water partition coefficient (Wildman–Crippen LogP) is 0.361. The van der Waals surface area contributed by atoms with E-state index < -0.39 is 5.97 Å². The first-order valence-electron chi connectivity index (χ1n) is 9.05. The Labute approximate surface area is 164 Å². The molecular weight excluding hydrogens is 376 g/mol. The highest BCUT2D eigenvalue weighted by molar-refractivity contribution is 5.75. The van der Waals surface area contributed by atoms with Crippen LogP contribution in [0.1, 0.15) is 12.8 Å². The van der Waals surface area contributed by atoms with Crippen LogP contribution in [0.5, 0.6) is 0 Å². The Morgan fingerprint density at radius 3 is 1.86 bits per heavy atom. The van der Waals surface area contributed by atoms with Gasteiger partial charge in [-0.05, 0) is 5.53 Å². The number of carbonyl (C=O) groups is 2. The molecule has 2 N–H and O–H groups in total. The molecule has 0 radical (unpaired) electrons. The average molecular weight is 406 g/mol. The fraction of sp³-hybridized carbons (Fsp3) is 0.875. The number of ether oxygens (including phenoxy) is 5.